The first-order chi connectivity index (χ1) is 7.66. The Kier molecular flexibility index (Phi) is 9.25. The van der Waals surface area contributed by atoms with E-state index in [0.717, 1.165) is 11.1 Å². The molecule has 0 fully saturated rings. The van der Waals surface area contributed by atoms with E-state index in [1.807, 2.05) is 18.2 Å². The summed E-state index contributed by atoms with van der Waals surface area (Å²) in [6.45, 7) is 3.07. The van der Waals surface area contributed by atoms with E-state index in [4.69, 9.17) is 5.73 Å². The Balaban J connectivity index is 0.00000256. The van der Waals surface area contributed by atoms with Gasteiger partial charge in [-0.25, -0.2) is 0 Å². The van der Waals surface area contributed by atoms with Crippen molar-refractivity contribution in [3.63, 3.8) is 0 Å². The Morgan fingerprint density at radius 2 is 2.12 bits per heavy atom. The third-order valence-electron chi connectivity index (χ3n) is 2.44. The minimum absolute atomic E-state index is 0. The topological polar surface area (TPSA) is 79.0 Å². The fourth-order valence-electron chi connectivity index (χ4n) is 1.53. The third kappa shape index (κ3) is 5.56. The van der Waals surface area contributed by atoms with Crippen LogP contribution in [0.3, 0.4) is 0 Å². The predicted molar refractivity (Wildman–Crippen MR) is 62.7 cm³/mol. The van der Waals surface area contributed by atoms with Crippen LogP contribution in [0.25, 0.3) is 5.73 Å². The summed E-state index contributed by atoms with van der Waals surface area (Å²) in [4.78, 5) is 10.4. The average Bonchev–Trinajstić information content (AvgIpc) is 2.29. The van der Waals surface area contributed by atoms with Crippen LogP contribution >= 0.6 is 0 Å². The molecule has 0 aromatic heterocycles. The van der Waals surface area contributed by atoms with Crippen molar-refractivity contribution < 1.29 is 56.3 Å². The van der Waals surface area contributed by atoms with E-state index in [1.54, 1.807) is 13.0 Å². The molecule has 0 spiro atoms. The summed E-state index contributed by atoms with van der Waals surface area (Å²) in [6, 6.07) is 6.66. The van der Waals surface area contributed by atoms with Crippen LogP contribution in [0.1, 0.15) is 24.1 Å². The Labute approximate surface area is 144 Å². The van der Waals surface area contributed by atoms with Crippen molar-refractivity contribution in [1.82, 2.24) is 5.32 Å². The molecule has 0 aliphatic rings. The molecule has 1 unspecified atom stereocenters. The van der Waals surface area contributed by atoms with Crippen molar-refractivity contribution in [3.05, 3.63) is 51.2 Å². The van der Waals surface area contributed by atoms with Crippen LogP contribution in [0, 0.1) is 10.1 Å². The standard InChI is InChI=1S/C11H16N3O2.K/c1-9(14(15)16)11-5-3-2-4-10(11)8-13-7-6-12;/h2-5,9,12-13H,6-8H2,1H3;/q-1;+1. The van der Waals surface area contributed by atoms with Crippen LogP contribution in [-0.4, -0.2) is 18.0 Å². The molecular weight excluding hydrogens is 245 g/mol. The average molecular weight is 261 g/mol. The Hall–Kier alpha value is 0.176. The van der Waals surface area contributed by atoms with Gasteiger partial charge in [0.1, 0.15) is 0 Å². The second-order valence-electron chi connectivity index (χ2n) is 3.59. The molecule has 0 saturated carbocycles. The zero-order valence-electron chi connectivity index (χ0n) is 10.3. The van der Waals surface area contributed by atoms with E-state index >= 15 is 0 Å². The molecule has 0 saturated heterocycles. The SMILES string of the molecule is CC(c1ccccc1CNCC[NH-])[N+](=O)[O-].[K+]. The molecule has 1 aromatic rings. The first kappa shape index (κ1) is 17.2. The minimum atomic E-state index is -0.686. The molecule has 2 N–H and O–H groups in total. The number of benzene rings is 1. The largest absolute Gasteiger partial charge is 1.00 e. The molecule has 0 heterocycles. The maximum Gasteiger partial charge on any atom is 1.00 e. The fourth-order valence-corrected chi connectivity index (χ4v) is 1.53. The first-order valence-electron chi connectivity index (χ1n) is 5.23. The van der Waals surface area contributed by atoms with Crippen LogP contribution in [0.2, 0.25) is 0 Å². The van der Waals surface area contributed by atoms with Crippen molar-refractivity contribution in [2.24, 2.45) is 0 Å². The number of hydrogen-bond acceptors (Lipinski definition) is 3. The van der Waals surface area contributed by atoms with Gasteiger partial charge < -0.3 is 11.1 Å². The summed E-state index contributed by atoms with van der Waals surface area (Å²) < 4.78 is 0. The molecule has 6 heteroatoms. The van der Waals surface area contributed by atoms with Crippen LogP contribution in [0.5, 0.6) is 0 Å². The van der Waals surface area contributed by atoms with Gasteiger partial charge in [-0.2, -0.15) is 0 Å². The van der Waals surface area contributed by atoms with E-state index in [2.05, 4.69) is 5.32 Å². The van der Waals surface area contributed by atoms with Crippen molar-refractivity contribution in [3.8, 4) is 0 Å². The van der Waals surface area contributed by atoms with Gasteiger partial charge in [-0.1, -0.05) is 24.3 Å². The van der Waals surface area contributed by atoms with Gasteiger partial charge in [0.2, 0.25) is 6.04 Å². The summed E-state index contributed by atoms with van der Waals surface area (Å²) in [6.07, 6.45) is 0. The zero-order valence-corrected chi connectivity index (χ0v) is 13.4. The molecule has 1 aromatic carbocycles. The molecule has 0 radical (unpaired) electrons. The van der Waals surface area contributed by atoms with Gasteiger partial charge in [0.05, 0.1) is 0 Å². The molecule has 0 aliphatic carbocycles. The molecule has 0 bridgehead atoms. The molecule has 1 atom stereocenters. The first-order valence-corrected chi connectivity index (χ1v) is 5.23. The van der Waals surface area contributed by atoms with Crippen LogP contribution in [-0.2, 0) is 6.54 Å². The van der Waals surface area contributed by atoms with Crippen molar-refractivity contribution in [1.29, 1.82) is 0 Å². The molecule has 0 aliphatic heterocycles. The Morgan fingerprint density at radius 1 is 1.47 bits per heavy atom. The van der Waals surface area contributed by atoms with Gasteiger partial charge in [0, 0.05) is 24.0 Å². The molecular formula is C11H16KN3O2. The third-order valence-corrected chi connectivity index (χ3v) is 2.44. The predicted octanol–water partition coefficient (Wildman–Crippen LogP) is -0.830. The van der Waals surface area contributed by atoms with Gasteiger partial charge in [-0.15, -0.1) is 6.54 Å². The second-order valence-corrected chi connectivity index (χ2v) is 3.59. The molecule has 0 amide bonds. The number of hydrogen-bond donors (Lipinski definition) is 1. The normalized spacial score (nSPS) is 11.6. The van der Waals surface area contributed by atoms with E-state index in [-0.39, 0.29) is 56.3 Å². The van der Waals surface area contributed by atoms with Crippen LogP contribution in [0.4, 0.5) is 0 Å². The van der Waals surface area contributed by atoms with E-state index in [1.165, 1.54) is 0 Å². The van der Waals surface area contributed by atoms with Crippen LogP contribution < -0.4 is 56.7 Å². The summed E-state index contributed by atoms with van der Waals surface area (Å²) in [5.41, 5.74) is 8.68. The monoisotopic (exact) mass is 261 g/mol. The molecule has 5 nitrogen and oxygen atoms in total. The quantitative estimate of drug-likeness (QED) is 0.314. The van der Waals surface area contributed by atoms with Gasteiger partial charge >= 0.3 is 51.4 Å². The summed E-state index contributed by atoms with van der Waals surface area (Å²) in [7, 11) is 0. The van der Waals surface area contributed by atoms with E-state index < -0.39 is 6.04 Å². The van der Waals surface area contributed by atoms with Crippen LogP contribution in [0.15, 0.2) is 24.3 Å². The number of rotatable bonds is 6. The number of nitrogens with zero attached hydrogens (tertiary/aromatic N) is 1. The Morgan fingerprint density at radius 3 is 2.71 bits per heavy atom. The fraction of sp³-hybridized carbons (Fsp3) is 0.455. The summed E-state index contributed by atoms with van der Waals surface area (Å²) in [5, 5.41) is 13.8. The number of nitrogens with one attached hydrogen (secondary N) is 2. The van der Waals surface area contributed by atoms with Gasteiger partial charge in [0.25, 0.3) is 0 Å². The summed E-state index contributed by atoms with van der Waals surface area (Å²) >= 11 is 0. The Bertz CT molecular complexity index is 360. The van der Waals surface area contributed by atoms with Crippen molar-refractivity contribution in [2.45, 2.75) is 19.5 Å². The molecule has 17 heavy (non-hydrogen) atoms. The molecule has 1 rings (SSSR count). The van der Waals surface area contributed by atoms with Crippen molar-refractivity contribution >= 4 is 0 Å². The van der Waals surface area contributed by atoms with Gasteiger partial charge in [0.15, 0.2) is 0 Å². The maximum atomic E-state index is 10.7. The van der Waals surface area contributed by atoms with E-state index in [9.17, 15) is 10.1 Å². The summed E-state index contributed by atoms with van der Waals surface area (Å²) in [5.74, 6) is 0. The maximum absolute atomic E-state index is 10.7. The smallest absolute Gasteiger partial charge is 0.676 e. The molecule has 88 valence electrons. The van der Waals surface area contributed by atoms with E-state index in [0.29, 0.717) is 19.6 Å². The van der Waals surface area contributed by atoms with Gasteiger partial charge in [-0.05, 0) is 12.1 Å². The number of nitro groups is 1. The van der Waals surface area contributed by atoms with Gasteiger partial charge in [-0.3, -0.25) is 10.1 Å². The second kappa shape index (κ2) is 9.15. The van der Waals surface area contributed by atoms with Crippen molar-refractivity contribution in [2.75, 3.05) is 13.1 Å². The zero-order chi connectivity index (χ0) is 12.0. The minimum Gasteiger partial charge on any atom is -0.676 e.